The quantitative estimate of drug-likeness (QED) is 0.832. The van der Waals surface area contributed by atoms with Crippen LogP contribution in [0.1, 0.15) is 18.5 Å². The van der Waals surface area contributed by atoms with E-state index in [0.29, 0.717) is 5.82 Å². The molecule has 1 unspecified atom stereocenters. The zero-order valence-corrected chi connectivity index (χ0v) is 8.82. The van der Waals surface area contributed by atoms with Gasteiger partial charge in [-0.25, -0.2) is 13.8 Å². The van der Waals surface area contributed by atoms with Crippen LogP contribution in [0.5, 0.6) is 0 Å². The van der Waals surface area contributed by atoms with Crippen molar-refractivity contribution in [3.8, 4) is 0 Å². The Bertz CT molecular complexity index is 315. The molecule has 0 aliphatic heterocycles. The average molecular weight is 215 g/mol. The van der Waals surface area contributed by atoms with Gasteiger partial charge in [0.25, 0.3) is 6.43 Å². The van der Waals surface area contributed by atoms with Crippen LogP contribution in [0.3, 0.4) is 0 Å². The molecule has 84 valence electrons. The lowest BCUT2D eigenvalue weighted by Crippen LogP contribution is -2.27. The average Bonchev–Trinajstić information content (AvgIpc) is 2.16. The number of aromatic nitrogens is 1. The van der Waals surface area contributed by atoms with Crippen LogP contribution in [0, 0.1) is 0 Å². The Labute approximate surface area is 87.9 Å². The Hall–Kier alpha value is -1.23. The predicted octanol–water partition coefficient (Wildman–Crippen LogP) is 1.80. The fourth-order valence-corrected chi connectivity index (χ4v) is 1.38. The summed E-state index contributed by atoms with van der Waals surface area (Å²) in [7, 11) is 1.58. The van der Waals surface area contributed by atoms with Gasteiger partial charge in [-0.2, -0.15) is 0 Å². The molecule has 0 radical (unpaired) electrons. The molecular formula is C10H15F2N3. The summed E-state index contributed by atoms with van der Waals surface area (Å²) in [4.78, 5) is 5.49. The molecule has 0 aromatic carbocycles. The van der Waals surface area contributed by atoms with E-state index in [2.05, 4.69) is 4.98 Å². The van der Waals surface area contributed by atoms with Gasteiger partial charge in [0, 0.05) is 24.8 Å². The first kappa shape index (κ1) is 11.8. The molecule has 0 amide bonds. The third kappa shape index (κ3) is 3.13. The number of anilines is 1. The first-order valence-electron chi connectivity index (χ1n) is 4.72. The maximum absolute atomic E-state index is 12.2. The highest BCUT2D eigenvalue weighted by molar-refractivity contribution is 5.47. The zero-order chi connectivity index (χ0) is 11.4. The minimum absolute atomic E-state index is 0.214. The van der Waals surface area contributed by atoms with Crippen molar-refractivity contribution in [3.05, 3.63) is 23.9 Å². The lowest BCUT2D eigenvalue weighted by Gasteiger charge is -2.21. The van der Waals surface area contributed by atoms with Crippen LogP contribution < -0.4 is 10.6 Å². The smallest absolute Gasteiger partial charge is 0.255 e. The van der Waals surface area contributed by atoms with Crippen LogP contribution >= 0.6 is 0 Å². The molecule has 1 rings (SSSR count). The molecule has 3 nitrogen and oxygen atoms in total. The van der Waals surface area contributed by atoms with E-state index in [1.54, 1.807) is 32.3 Å². The molecule has 5 heteroatoms. The van der Waals surface area contributed by atoms with E-state index in [1.807, 2.05) is 0 Å². The maximum atomic E-state index is 12.2. The van der Waals surface area contributed by atoms with Gasteiger partial charge in [-0.3, -0.25) is 0 Å². The van der Waals surface area contributed by atoms with E-state index >= 15 is 0 Å². The van der Waals surface area contributed by atoms with Gasteiger partial charge in [0.1, 0.15) is 5.82 Å². The van der Waals surface area contributed by atoms with Crippen LogP contribution in [-0.2, 0) is 0 Å². The molecule has 0 bridgehead atoms. The van der Waals surface area contributed by atoms with Gasteiger partial charge in [0.15, 0.2) is 0 Å². The number of pyridine rings is 1. The summed E-state index contributed by atoms with van der Waals surface area (Å²) >= 11 is 0. The summed E-state index contributed by atoms with van der Waals surface area (Å²) in [6.07, 6.45) is -0.804. The van der Waals surface area contributed by atoms with E-state index in [9.17, 15) is 8.78 Å². The Kier molecular flexibility index (Phi) is 3.96. The third-order valence-electron chi connectivity index (χ3n) is 2.08. The van der Waals surface area contributed by atoms with Crippen LogP contribution in [0.4, 0.5) is 14.6 Å². The van der Waals surface area contributed by atoms with Crippen LogP contribution in [-0.4, -0.2) is 25.0 Å². The van der Waals surface area contributed by atoms with Gasteiger partial charge >= 0.3 is 0 Å². The summed E-state index contributed by atoms with van der Waals surface area (Å²) < 4.78 is 24.4. The number of nitrogens with two attached hydrogens (primary N) is 1. The number of hydrogen-bond acceptors (Lipinski definition) is 3. The fraction of sp³-hybridized carbons (Fsp3) is 0.500. The number of nitrogens with zero attached hydrogens (tertiary/aromatic N) is 2. The Morgan fingerprint density at radius 3 is 2.73 bits per heavy atom. The van der Waals surface area contributed by atoms with E-state index < -0.39 is 6.43 Å². The second-order valence-corrected chi connectivity index (χ2v) is 3.48. The lowest BCUT2D eigenvalue weighted by molar-refractivity contribution is 0.156. The van der Waals surface area contributed by atoms with Crippen molar-refractivity contribution in [2.75, 3.05) is 18.5 Å². The molecule has 1 heterocycles. The highest BCUT2D eigenvalue weighted by Crippen LogP contribution is 2.21. The van der Waals surface area contributed by atoms with Gasteiger partial charge in [-0.15, -0.1) is 0 Å². The van der Waals surface area contributed by atoms with E-state index in [1.165, 1.54) is 4.90 Å². The topological polar surface area (TPSA) is 42.1 Å². The zero-order valence-electron chi connectivity index (χ0n) is 8.82. The maximum Gasteiger partial charge on any atom is 0.255 e. The van der Waals surface area contributed by atoms with Gasteiger partial charge in [-0.05, 0) is 13.0 Å². The van der Waals surface area contributed by atoms with Crippen molar-refractivity contribution in [1.82, 2.24) is 4.98 Å². The van der Waals surface area contributed by atoms with Crippen molar-refractivity contribution in [2.45, 2.75) is 19.4 Å². The van der Waals surface area contributed by atoms with E-state index in [-0.39, 0.29) is 12.6 Å². The molecular weight excluding hydrogens is 200 g/mol. The molecule has 1 aromatic heterocycles. The largest absolute Gasteiger partial charge is 0.354 e. The van der Waals surface area contributed by atoms with E-state index in [4.69, 9.17) is 5.73 Å². The van der Waals surface area contributed by atoms with Gasteiger partial charge < -0.3 is 10.6 Å². The second-order valence-electron chi connectivity index (χ2n) is 3.48. The third-order valence-corrected chi connectivity index (χ3v) is 2.08. The number of alkyl halides is 2. The lowest BCUT2D eigenvalue weighted by atomic mass is 10.1. The van der Waals surface area contributed by atoms with Gasteiger partial charge in [0.05, 0.1) is 6.54 Å². The molecule has 1 atom stereocenters. The van der Waals surface area contributed by atoms with Crippen LogP contribution in [0.2, 0.25) is 0 Å². The van der Waals surface area contributed by atoms with Crippen molar-refractivity contribution < 1.29 is 8.78 Å². The number of halogens is 2. The number of hydrogen-bond donors (Lipinski definition) is 1. The van der Waals surface area contributed by atoms with Gasteiger partial charge in [-0.1, -0.05) is 6.07 Å². The molecule has 2 N–H and O–H groups in total. The standard InChI is InChI=1S/C10H15F2N3/c1-7(13)8-4-3-5-14-10(8)15(2)6-9(11)12/h3-5,7,9H,6,13H2,1-2H3. The van der Waals surface area contributed by atoms with E-state index in [0.717, 1.165) is 5.56 Å². The summed E-state index contributed by atoms with van der Waals surface area (Å²) in [5, 5.41) is 0. The summed E-state index contributed by atoms with van der Waals surface area (Å²) in [5.74, 6) is 0.521. The van der Waals surface area contributed by atoms with Crippen molar-refractivity contribution >= 4 is 5.82 Å². The minimum atomic E-state index is -2.38. The molecule has 0 saturated carbocycles. The second kappa shape index (κ2) is 5.02. The molecule has 1 aromatic rings. The number of rotatable bonds is 4. The molecule has 0 fully saturated rings. The summed E-state index contributed by atoms with van der Waals surface area (Å²) in [5.41, 5.74) is 6.51. The van der Waals surface area contributed by atoms with Crippen molar-refractivity contribution in [2.24, 2.45) is 5.73 Å². The first-order valence-corrected chi connectivity index (χ1v) is 4.72. The van der Waals surface area contributed by atoms with Crippen molar-refractivity contribution in [1.29, 1.82) is 0 Å². The summed E-state index contributed by atoms with van der Waals surface area (Å²) in [6.45, 7) is 1.47. The van der Waals surface area contributed by atoms with Crippen LogP contribution in [0.15, 0.2) is 18.3 Å². The first-order chi connectivity index (χ1) is 7.02. The Morgan fingerprint density at radius 2 is 2.20 bits per heavy atom. The summed E-state index contributed by atoms with van der Waals surface area (Å²) in [6, 6.07) is 3.33. The molecule has 0 aliphatic carbocycles. The minimum Gasteiger partial charge on any atom is -0.354 e. The van der Waals surface area contributed by atoms with Crippen LogP contribution in [0.25, 0.3) is 0 Å². The fourth-order valence-electron chi connectivity index (χ4n) is 1.38. The SMILES string of the molecule is CC(N)c1cccnc1N(C)CC(F)F. The molecule has 15 heavy (non-hydrogen) atoms. The predicted molar refractivity (Wildman–Crippen MR) is 56.1 cm³/mol. The Morgan fingerprint density at radius 1 is 1.53 bits per heavy atom. The highest BCUT2D eigenvalue weighted by Gasteiger charge is 2.14. The molecule has 0 spiro atoms. The monoisotopic (exact) mass is 215 g/mol. The van der Waals surface area contributed by atoms with Gasteiger partial charge in [0.2, 0.25) is 0 Å². The molecule has 0 saturated heterocycles. The van der Waals surface area contributed by atoms with Crippen molar-refractivity contribution in [3.63, 3.8) is 0 Å². The Balaban J connectivity index is 2.92. The molecule has 0 aliphatic rings. The normalized spacial score (nSPS) is 12.9. The highest BCUT2D eigenvalue weighted by atomic mass is 19.3.